The topological polar surface area (TPSA) is 58.6 Å². The lowest BCUT2D eigenvalue weighted by Gasteiger charge is -2.28. The maximum absolute atomic E-state index is 12.2. The molecule has 0 aliphatic heterocycles. The molecule has 0 aromatic carbocycles. The van der Waals surface area contributed by atoms with E-state index in [4.69, 9.17) is 4.74 Å². The van der Waals surface area contributed by atoms with E-state index in [-0.39, 0.29) is 12.5 Å². The maximum atomic E-state index is 12.2. The molecule has 1 N–H and O–H groups in total. The predicted octanol–water partition coefficient (Wildman–Crippen LogP) is 1.67. The molecule has 0 heterocycles. The molecule has 1 atom stereocenters. The van der Waals surface area contributed by atoms with Crippen LogP contribution in [0.3, 0.4) is 0 Å². The molecule has 0 bridgehead atoms. The molecule has 0 saturated heterocycles. The van der Waals surface area contributed by atoms with Crippen LogP contribution >= 0.6 is 0 Å². The van der Waals surface area contributed by atoms with Crippen LogP contribution in [0.1, 0.15) is 41.5 Å². The summed E-state index contributed by atoms with van der Waals surface area (Å²) < 4.78 is 5.01. The second-order valence-electron chi connectivity index (χ2n) is 5.87. The van der Waals surface area contributed by atoms with Crippen LogP contribution in [0.15, 0.2) is 0 Å². The third-order valence-electron chi connectivity index (χ3n) is 3.27. The van der Waals surface area contributed by atoms with Crippen LogP contribution < -0.4 is 5.32 Å². The highest BCUT2D eigenvalue weighted by molar-refractivity contribution is 5.98. The van der Waals surface area contributed by atoms with E-state index >= 15 is 0 Å². The summed E-state index contributed by atoms with van der Waals surface area (Å²) in [4.78, 5) is 26.4. The summed E-state index contributed by atoms with van der Waals surface area (Å²) in [6, 6.07) is 0. The van der Waals surface area contributed by atoms with Crippen molar-refractivity contribution in [1.82, 2.24) is 10.2 Å². The molecule has 1 amide bonds. The molecule has 118 valence electrons. The second-order valence-corrected chi connectivity index (χ2v) is 5.87. The third kappa shape index (κ3) is 6.37. The van der Waals surface area contributed by atoms with Crippen molar-refractivity contribution in [2.45, 2.75) is 41.5 Å². The zero-order valence-corrected chi connectivity index (χ0v) is 13.8. The van der Waals surface area contributed by atoms with Gasteiger partial charge in [0, 0.05) is 13.1 Å². The number of hydrogen-bond donors (Lipinski definition) is 1. The Hall–Kier alpha value is -1.10. The molecule has 0 aromatic rings. The van der Waals surface area contributed by atoms with Gasteiger partial charge >= 0.3 is 5.97 Å². The van der Waals surface area contributed by atoms with Crippen molar-refractivity contribution in [1.29, 1.82) is 0 Å². The third-order valence-corrected chi connectivity index (χ3v) is 3.27. The van der Waals surface area contributed by atoms with Crippen LogP contribution in [0, 0.1) is 11.3 Å². The molecule has 5 nitrogen and oxygen atoms in total. The van der Waals surface area contributed by atoms with E-state index in [1.165, 1.54) is 0 Å². The Morgan fingerprint density at radius 3 is 2.10 bits per heavy atom. The van der Waals surface area contributed by atoms with Crippen molar-refractivity contribution in [2.75, 3.05) is 32.8 Å². The lowest BCUT2D eigenvalue weighted by Crippen LogP contribution is -2.45. The first-order chi connectivity index (χ1) is 9.27. The molecule has 20 heavy (non-hydrogen) atoms. The zero-order valence-electron chi connectivity index (χ0n) is 13.8. The number of nitrogens with one attached hydrogen (secondary N) is 1. The van der Waals surface area contributed by atoms with Crippen LogP contribution in [-0.4, -0.2) is 49.6 Å². The number of likely N-dealkylation sites (N-methyl/N-ethyl adjacent to an activating group) is 1. The molecule has 1 unspecified atom stereocenters. The summed E-state index contributed by atoms with van der Waals surface area (Å²) in [6.07, 6.45) is 0. The van der Waals surface area contributed by atoms with Gasteiger partial charge in [0.25, 0.3) is 0 Å². The maximum Gasteiger partial charge on any atom is 0.319 e. The average Bonchev–Trinajstić information content (AvgIpc) is 2.33. The highest BCUT2D eigenvalue weighted by atomic mass is 16.5. The summed E-state index contributed by atoms with van der Waals surface area (Å²) in [6.45, 7) is 15.1. The van der Waals surface area contributed by atoms with Crippen molar-refractivity contribution >= 4 is 11.9 Å². The van der Waals surface area contributed by atoms with Gasteiger partial charge in [0.2, 0.25) is 5.91 Å². The molecule has 0 spiro atoms. The number of nitrogens with zero attached hydrogens (tertiary/aromatic N) is 1. The van der Waals surface area contributed by atoms with Gasteiger partial charge in [-0.25, -0.2) is 0 Å². The van der Waals surface area contributed by atoms with Gasteiger partial charge in [-0.15, -0.1) is 0 Å². The normalized spacial score (nSPS) is 13.2. The van der Waals surface area contributed by atoms with Gasteiger partial charge in [-0.05, 0) is 25.4 Å². The smallest absolute Gasteiger partial charge is 0.319 e. The number of amides is 1. The summed E-state index contributed by atoms with van der Waals surface area (Å²) in [5.41, 5.74) is -0.453. The van der Waals surface area contributed by atoms with E-state index in [1.54, 1.807) is 6.92 Å². The number of hydrogen-bond acceptors (Lipinski definition) is 4. The Morgan fingerprint density at radius 1 is 1.15 bits per heavy atom. The Kier molecular flexibility index (Phi) is 8.46. The van der Waals surface area contributed by atoms with Crippen molar-refractivity contribution < 1.29 is 14.3 Å². The Morgan fingerprint density at radius 2 is 1.70 bits per heavy atom. The molecule has 0 aliphatic rings. The van der Waals surface area contributed by atoms with Gasteiger partial charge in [0.15, 0.2) is 0 Å². The molecule has 0 fully saturated rings. The molecule has 0 rings (SSSR count). The fourth-order valence-electron chi connectivity index (χ4n) is 2.06. The summed E-state index contributed by atoms with van der Waals surface area (Å²) >= 11 is 0. The van der Waals surface area contributed by atoms with Gasteiger partial charge < -0.3 is 15.0 Å². The minimum atomic E-state index is -0.765. The van der Waals surface area contributed by atoms with Crippen molar-refractivity contribution in [3.63, 3.8) is 0 Å². The monoisotopic (exact) mass is 286 g/mol. The fourth-order valence-corrected chi connectivity index (χ4v) is 2.06. The quantitative estimate of drug-likeness (QED) is 0.545. The van der Waals surface area contributed by atoms with E-state index < -0.39 is 17.3 Å². The highest BCUT2D eigenvalue weighted by Crippen LogP contribution is 2.27. The van der Waals surface area contributed by atoms with E-state index in [0.717, 1.165) is 19.6 Å². The zero-order chi connectivity index (χ0) is 15.8. The van der Waals surface area contributed by atoms with Crippen LogP contribution in [0.25, 0.3) is 0 Å². The first kappa shape index (κ1) is 18.9. The second kappa shape index (κ2) is 8.95. The standard InChI is InChI=1S/C15H30N2O3/c1-7-17(8-2)11-10-16-13(18)12(15(4,5)6)14(19)20-9-3/h12H,7-11H2,1-6H3,(H,16,18). The minimum Gasteiger partial charge on any atom is -0.465 e. The molecular weight excluding hydrogens is 256 g/mol. The van der Waals surface area contributed by atoms with Gasteiger partial charge in [0.1, 0.15) is 5.92 Å². The van der Waals surface area contributed by atoms with Gasteiger partial charge in [-0.3, -0.25) is 9.59 Å². The summed E-state index contributed by atoms with van der Waals surface area (Å²) in [7, 11) is 0. The van der Waals surface area contributed by atoms with Crippen molar-refractivity contribution in [2.24, 2.45) is 11.3 Å². The molecule has 0 aliphatic carbocycles. The largest absolute Gasteiger partial charge is 0.465 e. The van der Waals surface area contributed by atoms with Crippen molar-refractivity contribution in [3.05, 3.63) is 0 Å². The number of esters is 1. The first-order valence-corrected chi connectivity index (χ1v) is 7.44. The minimum absolute atomic E-state index is 0.247. The Labute approximate surface area is 123 Å². The lowest BCUT2D eigenvalue weighted by atomic mass is 9.80. The van der Waals surface area contributed by atoms with Gasteiger partial charge in [0.05, 0.1) is 6.61 Å². The SMILES string of the molecule is CCOC(=O)C(C(=O)NCCN(CC)CC)C(C)(C)C. The van der Waals surface area contributed by atoms with Crippen molar-refractivity contribution in [3.8, 4) is 0 Å². The van der Waals surface area contributed by atoms with Crippen LogP contribution in [0.4, 0.5) is 0 Å². The average molecular weight is 286 g/mol. The highest BCUT2D eigenvalue weighted by Gasteiger charge is 2.38. The first-order valence-electron chi connectivity index (χ1n) is 7.44. The molecular formula is C15H30N2O3. The van der Waals surface area contributed by atoms with Gasteiger partial charge in [-0.1, -0.05) is 34.6 Å². The van der Waals surface area contributed by atoms with Crippen LogP contribution in [-0.2, 0) is 14.3 Å². The molecule has 5 heteroatoms. The number of carbonyl (C=O) groups excluding carboxylic acids is 2. The van der Waals surface area contributed by atoms with E-state index in [9.17, 15) is 9.59 Å². The summed E-state index contributed by atoms with van der Waals surface area (Å²) in [5, 5.41) is 2.85. The van der Waals surface area contributed by atoms with E-state index in [0.29, 0.717) is 6.54 Å². The molecule has 0 radical (unpaired) electrons. The fraction of sp³-hybridized carbons (Fsp3) is 0.867. The summed E-state index contributed by atoms with van der Waals surface area (Å²) in [5.74, 6) is -1.46. The Bertz CT molecular complexity index is 307. The predicted molar refractivity (Wildman–Crippen MR) is 80.4 cm³/mol. The van der Waals surface area contributed by atoms with E-state index in [2.05, 4.69) is 24.1 Å². The van der Waals surface area contributed by atoms with Crippen LogP contribution in [0.5, 0.6) is 0 Å². The van der Waals surface area contributed by atoms with Gasteiger partial charge in [-0.2, -0.15) is 0 Å². The van der Waals surface area contributed by atoms with Crippen LogP contribution in [0.2, 0.25) is 0 Å². The Balaban J connectivity index is 4.54. The number of rotatable bonds is 8. The molecule has 0 aromatic heterocycles. The lowest BCUT2D eigenvalue weighted by molar-refractivity contribution is -0.156. The molecule has 0 saturated carbocycles. The number of ether oxygens (including phenoxy) is 1. The van der Waals surface area contributed by atoms with E-state index in [1.807, 2.05) is 20.8 Å². The number of carbonyl (C=O) groups is 2.